The molecule has 1 N–H and O–H groups in total. The predicted octanol–water partition coefficient (Wildman–Crippen LogP) is 3.81. The molecule has 0 amide bonds. The average Bonchev–Trinajstić information content (AvgIpc) is 3.07. The smallest absolute Gasteiger partial charge is 0.299 e. The summed E-state index contributed by atoms with van der Waals surface area (Å²) in [5.74, 6) is 0. The Labute approximate surface area is 101 Å². The molecule has 0 radical (unpaired) electrons. The summed E-state index contributed by atoms with van der Waals surface area (Å²) < 4.78 is 62.4. The highest BCUT2D eigenvalue weighted by atomic mass is 19.4. The van der Waals surface area contributed by atoms with Gasteiger partial charge in [0.05, 0.1) is 0 Å². The molecule has 0 heterocycles. The van der Waals surface area contributed by atoms with E-state index in [-0.39, 0.29) is 24.9 Å². The molecule has 1 aliphatic rings. The molecule has 18 heavy (non-hydrogen) atoms. The zero-order valence-electron chi connectivity index (χ0n) is 9.40. The molecule has 1 saturated carbocycles. The van der Waals surface area contributed by atoms with E-state index < -0.39 is 18.1 Å². The van der Waals surface area contributed by atoms with Crippen LogP contribution >= 0.6 is 0 Å². The van der Waals surface area contributed by atoms with Crippen LogP contribution < -0.4 is 5.32 Å². The summed E-state index contributed by atoms with van der Waals surface area (Å²) in [4.78, 5) is 0. The second-order valence-electron chi connectivity index (χ2n) is 4.48. The van der Waals surface area contributed by atoms with Crippen molar-refractivity contribution in [1.29, 1.82) is 0 Å². The average molecular weight is 265 g/mol. The number of nitrogens with one attached hydrogen (secondary N) is 1. The third kappa shape index (κ3) is 2.63. The van der Waals surface area contributed by atoms with Crippen LogP contribution in [0.15, 0.2) is 24.3 Å². The van der Waals surface area contributed by atoms with Gasteiger partial charge in [-0.15, -0.1) is 0 Å². The van der Waals surface area contributed by atoms with Crippen molar-refractivity contribution in [2.45, 2.75) is 37.5 Å². The first-order valence-corrected chi connectivity index (χ1v) is 5.53. The molecular formula is C12H12F5N. The number of alkyl halides is 5. The normalized spacial score (nSPS) is 18.1. The molecule has 0 spiro atoms. The van der Waals surface area contributed by atoms with E-state index in [1.54, 1.807) is 0 Å². The molecular weight excluding hydrogens is 253 g/mol. The summed E-state index contributed by atoms with van der Waals surface area (Å²) >= 11 is 0. The maximum absolute atomic E-state index is 12.6. The molecule has 1 aliphatic carbocycles. The number of halogens is 5. The van der Waals surface area contributed by atoms with E-state index in [0.717, 1.165) is 0 Å². The standard InChI is InChI=1S/C12H12F5N/c13-10(14)9-3-1-8(2-4-9)7-18-11(5-6-11)12(15,16)17/h1-4,10,18H,5-7H2. The largest absolute Gasteiger partial charge is 0.406 e. The Morgan fingerprint density at radius 3 is 2.06 bits per heavy atom. The minimum atomic E-state index is -4.25. The van der Waals surface area contributed by atoms with Gasteiger partial charge in [-0.25, -0.2) is 8.78 Å². The first kappa shape index (κ1) is 13.3. The number of benzene rings is 1. The highest BCUT2D eigenvalue weighted by Crippen LogP contribution is 2.49. The topological polar surface area (TPSA) is 12.0 Å². The van der Waals surface area contributed by atoms with E-state index in [1.807, 2.05) is 0 Å². The zero-order chi connectivity index (χ0) is 13.4. The first-order chi connectivity index (χ1) is 8.34. The Balaban J connectivity index is 1.95. The van der Waals surface area contributed by atoms with Gasteiger partial charge in [0, 0.05) is 12.1 Å². The Morgan fingerprint density at radius 2 is 1.67 bits per heavy atom. The van der Waals surface area contributed by atoms with E-state index in [2.05, 4.69) is 5.32 Å². The van der Waals surface area contributed by atoms with Crippen LogP contribution in [0.5, 0.6) is 0 Å². The van der Waals surface area contributed by atoms with Crippen molar-refractivity contribution in [3.05, 3.63) is 35.4 Å². The van der Waals surface area contributed by atoms with Crippen LogP contribution in [0.2, 0.25) is 0 Å². The molecule has 6 heteroatoms. The van der Waals surface area contributed by atoms with Crippen molar-refractivity contribution in [3.8, 4) is 0 Å². The molecule has 0 saturated heterocycles. The lowest BCUT2D eigenvalue weighted by Gasteiger charge is -2.20. The van der Waals surface area contributed by atoms with E-state index in [4.69, 9.17) is 0 Å². The van der Waals surface area contributed by atoms with E-state index in [9.17, 15) is 22.0 Å². The molecule has 1 aromatic rings. The third-order valence-electron chi connectivity index (χ3n) is 3.16. The van der Waals surface area contributed by atoms with Crippen molar-refractivity contribution in [2.24, 2.45) is 0 Å². The molecule has 0 aliphatic heterocycles. The van der Waals surface area contributed by atoms with Gasteiger partial charge >= 0.3 is 6.18 Å². The van der Waals surface area contributed by atoms with E-state index in [1.165, 1.54) is 24.3 Å². The van der Waals surface area contributed by atoms with E-state index in [0.29, 0.717) is 5.56 Å². The van der Waals surface area contributed by atoms with E-state index >= 15 is 0 Å². The molecule has 0 atom stereocenters. The lowest BCUT2D eigenvalue weighted by atomic mass is 10.1. The van der Waals surface area contributed by atoms with Crippen molar-refractivity contribution < 1.29 is 22.0 Å². The summed E-state index contributed by atoms with van der Waals surface area (Å²) in [6.07, 6.45) is -6.66. The summed E-state index contributed by atoms with van der Waals surface area (Å²) in [6, 6.07) is 5.30. The number of hydrogen-bond acceptors (Lipinski definition) is 1. The summed E-state index contributed by atoms with van der Waals surface area (Å²) in [7, 11) is 0. The van der Waals surface area contributed by atoms with Gasteiger partial charge in [0.15, 0.2) is 0 Å². The van der Waals surface area contributed by atoms with Crippen LogP contribution in [-0.2, 0) is 6.54 Å². The predicted molar refractivity (Wildman–Crippen MR) is 56.3 cm³/mol. The lowest BCUT2D eigenvalue weighted by molar-refractivity contribution is -0.166. The zero-order valence-corrected chi connectivity index (χ0v) is 9.40. The van der Waals surface area contributed by atoms with Gasteiger partial charge in [0.1, 0.15) is 5.54 Å². The Bertz CT molecular complexity index is 405. The molecule has 0 aromatic heterocycles. The van der Waals surface area contributed by atoms with Crippen LogP contribution in [0.3, 0.4) is 0 Å². The molecule has 0 bridgehead atoms. The fraction of sp³-hybridized carbons (Fsp3) is 0.500. The van der Waals surface area contributed by atoms with Crippen molar-refractivity contribution in [3.63, 3.8) is 0 Å². The minimum Gasteiger partial charge on any atom is -0.299 e. The number of hydrogen-bond donors (Lipinski definition) is 1. The fourth-order valence-electron chi connectivity index (χ4n) is 1.74. The molecule has 2 rings (SSSR count). The van der Waals surface area contributed by atoms with Crippen molar-refractivity contribution >= 4 is 0 Å². The second-order valence-corrected chi connectivity index (χ2v) is 4.48. The Kier molecular flexibility index (Phi) is 3.31. The third-order valence-corrected chi connectivity index (χ3v) is 3.16. The molecule has 100 valence electrons. The maximum atomic E-state index is 12.6. The quantitative estimate of drug-likeness (QED) is 0.816. The van der Waals surface area contributed by atoms with Gasteiger partial charge in [0.25, 0.3) is 6.43 Å². The van der Waals surface area contributed by atoms with Gasteiger partial charge in [-0.05, 0) is 18.4 Å². The highest BCUT2D eigenvalue weighted by Gasteiger charge is 2.62. The molecule has 1 fully saturated rings. The van der Waals surface area contributed by atoms with Crippen LogP contribution in [0.4, 0.5) is 22.0 Å². The van der Waals surface area contributed by atoms with Gasteiger partial charge in [0.2, 0.25) is 0 Å². The highest BCUT2D eigenvalue weighted by molar-refractivity contribution is 5.24. The summed E-state index contributed by atoms with van der Waals surface area (Å²) in [5, 5.41) is 2.46. The lowest BCUT2D eigenvalue weighted by Crippen LogP contribution is -2.44. The Hall–Kier alpha value is -1.17. The van der Waals surface area contributed by atoms with Crippen LogP contribution in [0.25, 0.3) is 0 Å². The Morgan fingerprint density at radius 1 is 1.11 bits per heavy atom. The maximum Gasteiger partial charge on any atom is 0.406 e. The van der Waals surface area contributed by atoms with Gasteiger partial charge in [-0.3, -0.25) is 5.32 Å². The molecule has 0 unspecified atom stereocenters. The van der Waals surface area contributed by atoms with Crippen LogP contribution in [0.1, 0.15) is 30.4 Å². The van der Waals surface area contributed by atoms with Crippen molar-refractivity contribution in [1.82, 2.24) is 5.32 Å². The van der Waals surface area contributed by atoms with Gasteiger partial charge < -0.3 is 0 Å². The SMILES string of the molecule is FC(F)c1ccc(CNC2(C(F)(F)F)CC2)cc1. The monoisotopic (exact) mass is 265 g/mol. The van der Waals surface area contributed by atoms with Crippen LogP contribution in [-0.4, -0.2) is 11.7 Å². The van der Waals surface area contributed by atoms with Gasteiger partial charge in [-0.2, -0.15) is 13.2 Å². The number of rotatable bonds is 4. The minimum absolute atomic E-state index is 0.0308. The van der Waals surface area contributed by atoms with Crippen LogP contribution in [0, 0.1) is 0 Å². The van der Waals surface area contributed by atoms with Crippen molar-refractivity contribution in [2.75, 3.05) is 0 Å². The molecule has 1 nitrogen and oxygen atoms in total. The fourth-order valence-corrected chi connectivity index (χ4v) is 1.74. The molecule has 1 aromatic carbocycles. The van der Waals surface area contributed by atoms with Gasteiger partial charge in [-0.1, -0.05) is 24.3 Å². The summed E-state index contributed by atoms with van der Waals surface area (Å²) in [5.41, 5.74) is -1.33. The summed E-state index contributed by atoms with van der Waals surface area (Å²) in [6.45, 7) is 0.0308. The second kappa shape index (κ2) is 4.50. The first-order valence-electron chi connectivity index (χ1n) is 5.53.